The van der Waals surface area contributed by atoms with Gasteiger partial charge in [0.05, 0.1) is 11.0 Å². The first-order valence-corrected chi connectivity index (χ1v) is 16.7. The molecule has 10 rings (SSSR count). The number of benzene rings is 7. The number of para-hydroxylation sites is 2. The molecule has 0 aliphatic carbocycles. The molecule has 0 saturated carbocycles. The van der Waals surface area contributed by atoms with Crippen LogP contribution in [0.25, 0.3) is 94.7 Å². The fourth-order valence-corrected chi connectivity index (χ4v) is 7.14. The second-order valence-electron chi connectivity index (χ2n) is 12.5. The van der Waals surface area contributed by atoms with Crippen LogP contribution in [0.1, 0.15) is 0 Å². The van der Waals surface area contributed by atoms with Crippen molar-refractivity contribution in [2.24, 2.45) is 0 Å². The molecule has 0 aliphatic rings. The lowest BCUT2D eigenvalue weighted by molar-refractivity contribution is 0.669. The molecule has 0 spiro atoms. The van der Waals surface area contributed by atoms with Crippen molar-refractivity contribution < 1.29 is 4.42 Å². The van der Waals surface area contributed by atoms with Gasteiger partial charge in [0.25, 0.3) is 0 Å². The zero-order valence-corrected chi connectivity index (χ0v) is 26.9. The molecule has 0 amide bonds. The van der Waals surface area contributed by atoms with Crippen LogP contribution in [0.4, 0.5) is 0 Å². The van der Waals surface area contributed by atoms with Crippen molar-refractivity contribution in [1.82, 2.24) is 19.5 Å². The number of furan rings is 1. The summed E-state index contributed by atoms with van der Waals surface area (Å²) < 4.78 is 8.67. The predicted molar refractivity (Wildman–Crippen MR) is 203 cm³/mol. The van der Waals surface area contributed by atoms with Gasteiger partial charge in [0.15, 0.2) is 17.5 Å². The van der Waals surface area contributed by atoms with Crippen molar-refractivity contribution in [1.29, 1.82) is 0 Å². The molecule has 5 nitrogen and oxygen atoms in total. The van der Waals surface area contributed by atoms with Gasteiger partial charge in [0.2, 0.25) is 0 Å². The second-order valence-corrected chi connectivity index (χ2v) is 12.5. The minimum Gasteiger partial charge on any atom is -0.456 e. The molecule has 50 heavy (non-hydrogen) atoms. The van der Waals surface area contributed by atoms with Crippen molar-refractivity contribution in [3.63, 3.8) is 0 Å². The zero-order valence-electron chi connectivity index (χ0n) is 26.9. The lowest BCUT2D eigenvalue weighted by Gasteiger charge is -2.10. The van der Waals surface area contributed by atoms with E-state index < -0.39 is 0 Å². The molecule has 5 heteroatoms. The molecular formula is C45H28N4O. The van der Waals surface area contributed by atoms with Gasteiger partial charge in [-0.1, -0.05) is 121 Å². The van der Waals surface area contributed by atoms with Gasteiger partial charge in [0, 0.05) is 43.9 Å². The Hall–Kier alpha value is -6.85. The van der Waals surface area contributed by atoms with Crippen LogP contribution in [0, 0.1) is 0 Å². The Morgan fingerprint density at radius 3 is 1.74 bits per heavy atom. The highest BCUT2D eigenvalue weighted by Gasteiger charge is 2.18. The Morgan fingerprint density at radius 1 is 0.380 bits per heavy atom. The minimum absolute atomic E-state index is 0.603. The summed E-state index contributed by atoms with van der Waals surface area (Å²) in [6, 6.07) is 58.5. The first kappa shape index (κ1) is 28.2. The lowest BCUT2D eigenvalue weighted by atomic mass is 9.99. The van der Waals surface area contributed by atoms with E-state index in [1.165, 1.54) is 10.8 Å². The number of nitrogens with zero attached hydrogens (tertiary/aromatic N) is 4. The smallest absolute Gasteiger partial charge is 0.164 e. The van der Waals surface area contributed by atoms with E-state index in [2.05, 4.69) is 108 Å². The van der Waals surface area contributed by atoms with Crippen molar-refractivity contribution in [2.75, 3.05) is 0 Å². The minimum atomic E-state index is 0.603. The molecule has 0 N–H and O–H groups in total. The summed E-state index contributed by atoms with van der Waals surface area (Å²) in [6.45, 7) is 0. The van der Waals surface area contributed by atoms with Crippen LogP contribution in [0.2, 0.25) is 0 Å². The molecule has 3 heterocycles. The van der Waals surface area contributed by atoms with Gasteiger partial charge in [-0.3, -0.25) is 0 Å². The topological polar surface area (TPSA) is 56.7 Å². The molecule has 0 bridgehead atoms. The average Bonchev–Trinajstić information content (AvgIpc) is 3.74. The fraction of sp³-hybridized carbons (Fsp3) is 0. The lowest BCUT2D eigenvalue weighted by Crippen LogP contribution is -2.00. The summed E-state index contributed by atoms with van der Waals surface area (Å²) in [4.78, 5) is 15.3. The Labute approximate surface area is 287 Å². The van der Waals surface area contributed by atoms with Gasteiger partial charge in [-0.05, 0) is 59.7 Å². The van der Waals surface area contributed by atoms with Crippen molar-refractivity contribution in [2.45, 2.75) is 0 Å². The monoisotopic (exact) mass is 640 g/mol. The predicted octanol–water partition coefficient (Wildman–Crippen LogP) is 11.5. The van der Waals surface area contributed by atoms with E-state index in [0.717, 1.165) is 66.5 Å². The summed E-state index contributed by atoms with van der Waals surface area (Å²) in [5, 5.41) is 4.48. The van der Waals surface area contributed by atoms with Crippen molar-refractivity contribution in [3.05, 3.63) is 170 Å². The summed E-state index contributed by atoms with van der Waals surface area (Å²) in [5.41, 5.74) is 10.0. The maximum atomic E-state index is 6.35. The third kappa shape index (κ3) is 4.60. The molecule has 234 valence electrons. The molecule has 0 fully saturated rings. The standard InChI is InChI=1S/C45H28N4O/c1-4-13-29(14-5-1)34-20-12-22-41-42(34)37-27-31(24-26-40(37)50-41)44-46-43(30-15-6-2-7-16-30)47-45(48-44)32-23-25-36-35-19-10-11-21-38(35)49(39(36)28-32)33-17-8-3-9-18-33/h1-28H. The highest BCUT2D eigenvalue weighted by Crippen LogP contribution is 2.39. The van der Waals surface area contributed by atoms with E-state index in [1.54, 1.807) is 0 Å². The summed E-state index contributed by atoms with van der Waals surface area (Å²) >= 11 is 0. The van der Waals surface area contributed by atoms with Gasteiger partial charge >= 0.3 is 0 Å². The quantitative estimate of drug-likeness (QED) is 0.188. The average molecular weight is 641 g/mol. The van der Waals surface area contributed by atoms with Gasteiger partial charge in [-0.2, -0.15) is 0 Å². The normalized spacial score (nSPS) is 11.6. The first-order chi connectivity index (χ1) is 24.8. The molecule has 3 aromatic heterocycles. The van der Waals surface area contributed by atoms with Gasteiger partial charge < -0.3 is 8.98 Å². The highest BCUT2D eigenvalue weighted by atomic mass is 16.3. The van der Waals surface area contributed by atoms with Crippen LogP contribution in [-0.4, -0.2) is 19.5 Å². The second kappa shape index (κ2) is 11.4. The number of aromatic nitrogens is 4. The number of rotatable bonds is 5. The summed E-state index contributed by atoms with van der Waals surface area (Å²) in [6.07, 6.45) is 0. The van der Waals surface area contributed by atoms with Crippen LogP contribution in [0.15, 0.2) is 174 Å². The molecule has 0 aliphatic heterocycles. The molecule has 0 radical (unpaired) electrons. The van der Waals surface area contributed by atoms with Crippen LogP contribution in [0.3, 0.4) is 0 Å². The van der Waals surface area contributed by atoms with Crippen molar-refractivity contribution >= 4 is 43.7 Å². The SMILES string of the molecule is c1ccc(-c2nc(-c3ccc4oc5cccc(-c6ccccc6)c5c4c3)nc(-c3ccc4c5ccccc5n(-c5ccccc5)c4c3)n2)cc1. The van der Waals surface area contributed by atoms with Crippen LogP contribution in [0.5, 0.6) is 0 Å². The number of fused-ring (bicyclic) bond motifs is 6. The zero-order chi connectivity index (χ0) is 33.0. The van der Waals surface area contributed by atoms with Crippen LogP contribution in [-0.2, 0) is 0 Å². The first-order valence-electron chi connectivity index (χ1n) is 16.7. The van der Waals surface area contributed by atoms with Gasteiger partial charge in [-0.15, -0.1) is 0 Å². The molecular weight excluding hydrogens is 613 g/mol. The maximum absolute atomic E-state index is 6.35. The van der Waals surface area contributed by atoms with Gasteiger partial charge in [-0.25, -0.2) is 15.0 Å². The molecule has 0 unspecified atom stereocenters. The van der Waals surface area contributed by atoms with Crippen molar-refractivity contribution in [3.8, 4) is 51.0 Å². The van der Waals surface area contributed by atoms with E-state index in [-0.39, 0.29) is 0 Å². The van der Waals surface area contributed by atoms with E-state index in [9.17, 15) is 0 Å². The van der Waals surface area contributed by atoms with Crippen LogP contribution >= 0.6 is 0 Å². The molecule has 0 saturated heterocycles. The maximum Gasteiger partial charge on any atom is 0.164 e. The third-order valence-electron chi connectivity index (χ3n) is 9.45. The van der Waals surface area contributed by atoms with Crippen LogP contribution < -0.4 is 0 Å². The summed E-state index contributed by atoms with van der Waals surface area (Å²) in [5.74, 6) is 1.84. The summed E-state index contributed by atoms with van der Waals surface area (Å²) in [7, 11) is 0. The third-order valence-corrected chi connectivity index (χ3v) is 9.45. The molecule has 7 aromatic carbocycles. The van der Waals surface area contributed by atoms with E-state index in [4.69, 9.17) is 19.4 Å². The molecule has 10 aromatic rings. The van der Waals surface area contributed by atoms with E-state index in [1.807, 2.05) is 66.7 Å². The van der Waals surface area contributed by atoms with E-state index >= 15 is 0 Å². The number of hydrogen-bond acceptors (Lipinski definition) is 4. The Balaban J connectivity index is 1.19. The fourth-order valence-electron chi connectivity index (χ4n) is 7.14. The highest BCUT2D eigenvalue weighted by molar-refractivity contribution is 6.13. The largest absolute Gasteiger partial charge is 0.456 e. The van der Waals surface area contributed by atoms with E-state index in [0.29, 0.717) is 17.5 Å². The van der Waals surface area contributed by atoms with Gasteiger partial charge in [0.1, 0.15) is 11.2 Å². The Bertz CT molecular complexity index is 2860. The Morgan fingerprint density at radius 2 is 0.980 bits per heavy atom. The number of hydrogen-bond donors (Lipinski definition) is 0. The Kier molecular flexibility index (Phi) is 6.42. The molecule has 0 atom stereocenters.